The summed E-state index contributed by atoms with van der Waals surface area (Å²) < 4.78 is 71.9. The molecule has 1 unspecified atom stereocenters. The third kappa shape index (κ3) is 5.58. The highest BCUT2D eigenvalue weighted by atomic mass is 19.4. The minimum atomic E-state index is -4.71. The number of hydrogen-bond acceptors (Lipinski definition) is 4. The third-order valence-corrected chi connectivity index (χ3v) is 8.74. The van der Waals surface area contributed by atoms with Crippen LogP contribution in [0.1, 0.15) is 56.9 Å². The Hall–Kier alpha value is -5.25. The molecular weight excluding hydrogens is 609 g/mol. The molecule has 10 heteroatoms. The average Bonchev–Trinajstić information content (AvgIpc) is 3.45. The number of nitrogens with one attached hydrogen (secondary N) is 2. The highest BCUT2D eigenvalue weighted by molar-refractivity contribution is 5.96. The largest absolute Gasteiger partial charge is 0.433 e. The quantitative estimate of drug-likeness (QED) is 0.179. The third-order valence-electron chi connectivity index (χ3n) is 8.74. The number of aromatic nitrogens is 3. The van der Waals surface area contributed by atoms with Crippen LogP contribution in [0.3, 0.4) is 0 Å². The van der Waals surface area contributed by atoms with Crippen molar-refractivity contribution in [3.05, 3.63) is 154 Å². The van der Waals surface area contributed by atoms with Gasteiger partial charge in [0, 0.05) is 29.4 Å². The lowest BCUT2D eigenvalue weighted by atomic mass is 9.91. The average molecular weight is 640 g/mol. The van der Waals surface area contributed by atoms with Crippen molar-refractivity contribution in [3.8, 4) is 0 Å². The van der Waals surface area contributed by atoms with Crippen LogP contribution >= 0.6 is 0 Å². The van der Waals surface area contributed by atoms with Gasteiger partial charge in [-0.15, -0.1) is 0 Å². The van der Waals surface area contributed by atoms with E-state index in [1.807, 2.05) is 55.5 Å². The number of benzene rings is 4. The van der Waals surface area contributed by atoms with Crippen LogP contribution in [-0.4, -0.2) is 21.5 Å². The van der Waals surface area contributed by atoms with Crippen molar-refractivity contribution in [2.24, 2.45) is 0 Å². The molecule has 0 fully saturated rings. The number of hydrogen-bond donors (Lipinski definition) is 2. The van der Waals surface area contributed by atoms with Crippen molar-refractivity contribution < 1.29 is 22.0 Å². The van der Waals surface area contributed by atoms with E-state index >= 15 is 8.78 Å². The first-order valence-electron chi connectivity index (χ1n) is 15.2. The molecule has 7 rings (SSSR count). The molecule has 0 saturated heterocycles. The normalized spacial score (nSPS) is 14.9. The second-order valence-corrected chi connectivity index (χ2v) is 11.8. The number of fused-ring (bicyclic) bond motifs is 3. The van der Waals surface area contributed by atoms with Gasteiger partial charge >= 0.3 is 6.18 Å². The standard InChI is InChI=1S/C37H30F5N5/c1-21-19-27-25-16-18-47(36-43-17-15-29(45-36)37(40,41)42)35(26-14-13-22(2)30(38)31(26)39)34(25)46-33(27)28(20-21)44-32(23-9-5-3-6-10-23)24-11-7-4-8-12-24/h3-15,17,19-20,32,35,44,46H,16,18H2,1-2H3. The maximum absolute atomic E-state index is 15.8. The fourth-order valence-electron chi connectivity index (χ4n) is 6.51. The summed E-state index contributed by atoms with van der Waals surface area (Å²) in [7, 11) is 0. The zero-order valence-electron chi connectivity index (χ0n) is 25.5. The van der Waals surface area contributed by atoms with E-state index in [1.54, 1.807) is 0 Å². The van der Waals surface area contributed by atoms with Gasteiger partial charge in [0.1, 0.15) is 11.7 Å². The summed E-state index contributed by atoms with van der Waals surface area (Å²) in [5.74, 6) is -2.30. The summed E-state index contributed by atoms with van der Waals surface area (Å²) in [6.45, 7) is 3.62. The first kappa shape index (κ1) is 30.4. The predicted molar refractivity (Wildman–Crippen MR) is 172 cm³/mol. The van der Waals surface area contributed by atoms with Crippen LogP contribution in [0, 0.1) is 25.5 Å². The van der Waals surface area contributed by atoms with E-state index in [0.29, 0.717) is 12.1 Å². The van der Waals surface area contributed by atoms with Crippen molar-refractivity contribution in [1.82, 2.24) is 15.0 Å². The topological polar surface area (TPSA) is 56.8 Å². The van der Waals surface area contributed by atoms with Crippen LogP contribution in [0.15, 0.2) is 97.2 Å². The summed E-state index contributed by atoms with van der Waals surface area (Å²) in [6.07, 6.45) is -3.26. The zero-order chi connectivity index (χ0) is 32.9. The molecule has 4 aromatic carbocycles. The summed E-state index contributed by atoms with van der Waals surface area (Å²) >= 11 is 0. The number of alkyl halides is 3. The number of anilines is 2. The summed E-state index contributed by atoms with van der Waals surface area (Å²) in [4.78, 5) is 13.0. The molecule has 1 aliphatic rings. The minimum absolute atomic E-state index is 0.0284. The second kappa shape index (κ2) is 11.8. The Morgan fingerprint density at radius 2 is 1.55 bits per heavy atom. The monoisotopic (exact) mass is 639 g/mol. The summed E-state index contributed by atoms with van der Waals surface area (Å²) in [5, 5.41) is 4.62. The molecule has 3 heterocycles. The predicted octanol–water partition coefficient (Wildman–Crippen LogP) is 9.23. The molecule has 2 N–H and O–H groups in total. The number of aromatic amines is 1. The lowest BCUT2D eigenvalue weighted by Gasteiger charge is -2.36. The Bertz CT molecular complexity index is 2040. The molecule has 1 atom stereocenters. The Balaban J connectivity index is 1.41. The minimum Gasteiger partial charge on any atom is -0.372 e. The van der Waals surface area contributed by atoms with Gasteiger partial charge in [-0.1, -0.05) is 72.8 Å². The molecule has 5 nitrogen and oxygen atoms in total. The molecule has 238 valence electrons. The van der Waals surface area contributed by atoms with Crippen LogP contribution in [-0.2, 0) is 12.6 Å². The molecule has 0 amide bonds. The van der Waals surface area contributed by atoms with Gasteiger partial charge in [0.15, 0.2) is 11.6 Å². The maximum atomic E-state index is 15.8. The van der Waals surface area contributed by atoms with E-state index in [9.17, 15) is 13.2 Å². The Morgan fingerprint density at radius 3 is 2.21 bits per heavy atom. The molecule has 0 spiro atoms. The SMILES string of the molecule is Cc1cc(NC(c2ccccc2)c2ccccc2)c2[nH]c3c(c2c1)CCN(c1nccc(C(F)(F)F)n1)C3c1ccc(C)c(F)c1F. The van der Waals surface area contributed by atoms with Crippen molar-refractivity contribution in [3.63, 3.8) is 0 Å². The van der Waals surface area contributed by atoms with Gasteiger partial charge < -0.3 is 15.2 Å². The Kier molecular flexibility index (Phi) is 7.66. The van der Waals surface area contributed by atoms with Gasteiger partial charge in [-0.2, -0.15) is 13.2 Å². The fourth-order valence-corrected chi connectivity index (χ4v) is 6.51. The maximum Gasteiger partial charge on any atom is 0.433 e. The highest BCUT2D eigenvalue weighted by Crippen LogP contribution is 2.44. The summed E-state index contributed by atoms with van der Waals surface area (Å²) in [5.41, 5.74) is 5.01. The number of H-pyrrole nitrogens is 1. The van der Waals surface area contributed by atoms with E-state index < -0.39 is 29.5 Å². The van der Waals surface area contributed by atoms with Crippen molar-refractivity contribution >= 4 is 22.5 Å². The second-order valence-electron chi connectivity index (χ2n) is 11.8. The Labute approximate surface area is 268 Å². The van der Waals surface area contributed by atoms with Crippen molar-refractivity contribution in [2.45, 2.75) is 38.5 Å². The molecule has 47 heavy (non-hydrogen) atoms. The van der Waals surface area contributed by atoms with Crippen LogP contribution in [0.2, 0.25) is 0 Å². The van der Waals surface area contributed by atoms with Crippen molar-refractivity contribution in [1.29, 1.82) is 0 Å². The molecule has 0 bridgehead atoms. The molecule has 6 aromatic rings. The van der Waals surface area contributed by atoms with Crippen molar-refractivity contribution in [2.75, 3.05) is 16.8 Å². The zero-order valence-corrected chi connectivity index (χ0v) is 25.5. The summed E-state index contributed by atoms with van der Waals surface area (Å²) in [6, 6.07) is 26.6. The van der Waals surface area contributed by atoms with Gasteiger partial charge in [0.25, 0.3) is 0 Å². The number of aryl methyl sites for hydroxylation is 2. The molecule has 0 radical (unpaired) electrons. The Morgan fingerprint density at radius 1 is 0.872 bits per heavy atom. The first-order chi connectivity index (χ1) is 22.6. The van der Waals surface area contributed by atoms with E-state index in [-0.39, 0.29) is 29.7 Å². The van der Waals surface area contributed by atoms with E-state index in [4.69, 9.17) is 0 Å². The molecule has 2 aromatic heterocycles. The van der Waals surface area contributed by atoms with E-state index in [2.05, 4.69) is 44.5 Å². The highest BCUT2D eigenvalue weighted by Gasteiger charge is 2.38. The van der Waals surface area contributed by atoms with Crippen LogP contribution in [0.4, 0.5) is 33.6 Å². The number of halogens is 5. The molecule has 0 saturated carbocycles. The van der Waals surface area contributed by atoms with Gasteiger partial charge in [-0.05, 0) is 66.3 Å². The lowest BCUT2D eigenvalue weighted by molar-refractivity contribution is -0.141. The fraction of sp³-hybridized carbons (Fsp3) is 0.189. The molecule has 0 aliphatic carbocycles. The van der Waals surface area contributed by atoms with E-state index in [0.717, 1.165) is 51.1 Å². The van der Waals surface area contributed by atoms with Crippen LogP contribution in [0.5, 0.6) is 0 Å². The van der Waals surface area contributed by atoms with Gasteiger partial charge in [0.2, 0.25) is 5.95 Å². The van der Waals surface area contributed by atoms with Crippen LogP contribution < -0.4 is 10.2 Å². The number of rotatable bonds is 6. The first-order valence-corrected chi connectivity index (χ1v) is 15.2. The van der Waals surface area contributed by atoms with E-state index in [1.165, 1.54) is 24.0 Å². The van der Waals surface area contributed by atoms with Crippen LogP contribution in [0.25, 0.3) is 10.9 Å². The molecule has 1 aliphatic heterocycles. The molecular formula is C37H30F5N5. The lowest BCUT2D eigenvalue weighted by Crippen LogP contribution is -2.38. The smallest absolute Gasteiger partial charge is 0.372 e. The van der Waals surface area contributed by atoms with Gasteiger partial charge in [-0.3, -0.25) is 0 Å². The van der Waals surface area contributed by atoms with Gasteiger partial charge in [-0.25, -0.2) is 18.7 Å². The number of nitrogens with zero attached hydrogens (tertiary/aromatic N) is 3. The van der Waals surface area contributed by atoms with Gasteiger partial charge in [0.05, 0.1) is 17.2 Å².